The van der Waals surface area contributed by atoms with E-state index in [4.69, 9.17) is 4.74 Å². The summed E-state index contributed by atoms with van der Waals surface area (Å²) in [6.07, 6.45) is 2.97. The summed E-state index contributed by atoms with van der Waals surface area (Å²) in [5.74, 6) is -0.0744. The Morgan fingerprint density at radius 1 is 1.12 bits per heavy atom. The third kappa shape index (κ3) is 5.93. The van der Waals surface area contributed by atoms with Gasteiger partial charge in [0.05, 0.1) is 0 Å². The summed E-state index contributed by atoms with van der Waals surface area (Å²) in [6, 6.07) is 15.2. The lowest BCUT2D eigenvalue weighted by molar-refractivity contribution is -0.144. The Hall–Kier alpha value is -2.87. The third-order valence-electron chi connectivity index (χ3n) is 6.31. The maximum absolute atomic E-state index is 12.4. The summed E-state index contributed by atoms with van der Waals surface area (Å²) in [5.41, 5.74) is 2.81. The van der Waals surface area contributed by atoms with Crippen molar-refractivity contribution in [3.63, 3.8) is 0 Å². The summed E-state index contributed by atoms with van der Waals surface area (Å²) < 4.78 is 5.99. The number of carboxylic acid groups (broad SMARTS) is 1. The van der Waals surface area contributed by atoms with Gasteiger partial charge in [-0.25, -0.2) is 0 Å². The van der Waals surface area contributed by atoms with Crippen LogP contribution in [0.3, 0.4) is 0 Å². The fourth-order valence-electron chi connectivity index (χ4n) is 4.52. The Balaban J connectivity index is 1.45. The van der Waals surface area contributed by atoms with Crippen molar-refractivity contribution in [2.45, 2.75) is 19.1 Å². The molecule has 4 rings (SSSR count). The molecule has 1 aliphatic heterocycles. The molecular formula is C26H34N4O3. The highest BCUT2D eigenvalue weighted by atomic mass is 16.5. The van der Waals surface area contributed by atoms with Gasteiger partial charge >= 0.3 is 5.97 Å². The van der Waals surface area contributed by atoms with E-state index in [2.05, 4.69) is 33.8 Å². The van der Waals surface area contributed by atoms with Crippen molar-refractivity contribution in [3.8, 4) is 5.75 Å². The number of nitrogens with one attached hydrogen (secondary N) is 1. The number of piperazine rings is 1. The Bertz CT molecular complexity index is 1040. The molecule has 0 spiro atoms. The molecule has 0 bridgehead atoms. The molecule has 1 atom stereocenters. The molecule has 176 valence electrons. The number of hydrogen-bond donors (Lipinski definition) is 2. The smallest absolute Gasteiger partial charge is 0.325 e. The number of benzene rings is 2. The number of aromatic nitrogens is 1. The molecule has 1 fully saturated rings. The van der Waals surface area contributed by atoms with Crippen LogP contribution in [0.15, 0.2) is 54.7 Å². The molecule has 3 aromatic rings. The van der Waals surface area contributed by atoms with Gasteiger partial charge in [-0.2, -0.15) is 0 Å². The van der Waals surface area contributed by atoms with Crippen LogP contribution >= 0.6 is 0 Å². The van der Waals surface area contributed by atoms with Crippen LogP contribution in [0.2, 0.25) is 0 Å². The molecule has 0 radical (unpaired) electrons. The number of nitrogens with zero attached hydrogens (tertiary/aromatic N) is 3. The zero-order valence-electron chi connectivity index (χ0n) is 19.5. The van der Waals surface area contributed by atoms with Crippen molar-refractivity contribution in [1.82, 2.24) is 19.7 Å². The van der Waals surface area contributed by atoms with Crippen LogP contribution in [-0.2, 0) is 11.4 Å². The van der Waals surface area contributed by atoms with E-state index < -0.39 is 12.0 Å². The number of aromatic amines is 1. The van der Waals surface area contributed by atoms with Crippen molar-refractivity contribution in [2.75, 3.05) is 53.4 Å². The van der Waals surface area contributed by atoms with Crippen LogP contribution in [0.4, 0.5) is 0 Å². The second-order valence-electron chi connectivity index (χ2n) is 9.00. The van der Waals surface area contributed by atoms with Gasteiger partial charge in [-0.15, -0.1) is 0 Å². The first-order valence-electron chi connectivity index (χ1n) is 11.6. The predicted molar refractivity (Wildman–Crippen MR) is 131 cm³/mol. The number of rotatable bonds is 10. The standard InChI is InChI=1S/C26H34N4O3/c1-28(2)11-6-12-29-13-15-30(16-14-29)25(26(31)32)23-18-27-24-10-9-21(17-22(23)24)33-19-20-7-4-3-5-8-20/h3-5,7-10,17-18,25,27H,6,11-16,19H2,1-2H3,(H,31,32)/t25-/m0/s1. The molecule has 1 saturated heterocycles. The quantitative estimate of drug-likeness (QED) is 0.493. The van der Waals surface area contributed by atoms with Gasteiger partial charge < -0.3 is 24.6 Å². The molecule has 0 aliphatic carbocycles. The normalized spacial score (nSPS) is 16.3. The molecule has 2 heterocycles. The van der Waals surface area contributed by atoms with E-state index in [9.17, 15) is 9.90 Å². The van der Waals surface area contributed by atoms with Crippen molar-refractivity contribution in [3.05, 3.63) is 65.9 Å². The van der Waals surface area contributed by atoms with Gasteiger partial charge in [0.15, 0.2) is 0 Å². The summed E-state index contributed by atoms with van der Waals surface area (Å²) in [6.45, 7) is 5.88. The van der Waals surface area contributed by atoms with E-state index in [-0.39, 0.29) is 0 Å². The number of hydrogen-bond acceptors (Lipinski definition) is 5. The minimum absolute atomic E-state index is 0.476. The summed E-state index contributed by atoms with van der Waals surface area (Å²) in [5, 5.41) is 11.0. The van der Waals surface area contributed by atoms with Gasteiger partial charge in [-0.1, -0.05) is 30.3 Å². The number of carboxylic acids is 1. The average Bonchev–Trinajstić information content (AvgIpc) is 3.22. The lowest BCUT2D eigenvalue weighted by atomic mass is 10.0. The van der Waals surface area contributed by atoms with E-state index in [1.54, 1.807) is 0 Å². The van der Waals surface area contributed by atoms with Gasteiger partial charge in [0, 0.05) is 48.8 Å². The largest absolute Gasteiger partial charge is 0.489 e. The molecule has 2 N–H and O–H groups in total. The SMILES string of the molecule is CN(C)CCCN1CCN([C@H](C(=O)O)c2c[nH]c3ccc(OCc4ccccc4)cc23)CC1. The molecule has 0 saturated carbocycles. The molecular weight excluding hydrogens is 416 g/mol. The van der Waals surface area contributed by atoms with E-state index in [0.717, 1.165) is 73.5 Å². The van der Waals surface area contributed by atoms with Crippen LogP contribution in [-0.4, -0.2) is 84.1 Å². The number of aliphatic carboxylic acids is 1. The van der Waals surface area contributed by atoms with Crippen LogP contribution in [0.5, 0.6) is 5.75 Å². The Morgan fingerprint density at radius 3 is 2.58 bits per heavy atom. The monoisotopic (exact) mass is 450 g/mol. The van der Waals surface area contributed by atoms with Crippen LogP contribution in [0.1, 0.15) is 23.6 Å². The fourth-order valence-corrected chi connectivity index (χ4v) is 4.52. The third-order valence-corrected chi connectivity index (χ3v) is 6.31. The van der Waals surface area contributed by atoms with E-state index in [0.29, 0.717) is 6.61 Å². The zero-order valence-corrected chi connectivity index (χ0v) is 19.5. The second kappa shape index (κ2) is 10.8. The van der Waals surface area contributed by atoms with Gasteiger partial charge in [0.25, 0.3) is 0 Å². The number of carbonyl (C=O) groups is 1. The highest BCUT2D eigenvalue weighted by molar-refractivity contribution is 5.90. The Labute approximate surface area is 195 Å². The molecule has 0 amide bonds. The lowest BCUT2D eigenvalue weighted by Gasteiger charge is -2.37. The van der Waals surface area contributed by atoms with E-state index in [1.807, 2.05) is 54.7 Å². The first-order chi connectivity index (χ1) is 16.0. The summed E-state index contributed by atoms with van der Waals surface area (Å²) in [7, 11) is 4.18. The summed E-state index contributed by atoms with van der Waals surface area (Å²) in [4.78, 5) is 22.3. The molecule has 2 aromatic carbocycles. The fraction of sp³-hybridized carbons (Fsp3) is 0.423. The highest BCUT2D eigenvalue weighted by Crippen LogP contribution is 2.32. The first-order valence-corrected chi connectivity index (χ1v) is 11.6. The van der Waals surface area contributed by atoms with Gasteiger partial charge in [0.2, 0.25) is 0 Å². The van der Waals surface area contributed by atoms with Gasteiger partial charge in [0.1, 0.15) is 18.4 Å². The van der Waals surface area contributed by atoms with E-state index in [1.165, 1.54) is 0 Å². The van der Waals surface area contributed by atoms with E-state index >= 15 is 0 Å². The maximum Gasteiger partial charge on any atom is 0.325 e. The van der Waals surface area contributed by atoms with Crippen molar-refractivity contribution in [1.29, 1.82) is 0 Å². The molecule has 7 nitrogen and oxygen atoms in total. The van der Waals surface area contributed by atoms with Gasteiger partial charge in [-0.05, 0) is 57.4 Å². The highest BCUT2D eigenvalue weighted by Gasteiger charge is 2.32. The molecule has 1 aromatic heterocycles. The predicted octanol–water partition coefficient (Wildman–Crippen LogP) is 3.44. The number of ether oxygens (including phenoxy) is 1. The Morgan fingerprint density at radius 2 is 1.88 bits per heavy atom. The average molecular weight is 451 g/mol. The van der Waals surface area contributed by atoms with Crippen LogP contribution in [0, 0.1) is 0 Å². The van der Waals surface area contributed by atoms with Gasteiger partial charge in [-0.3, -0.25) is 9.69 Å². The lowest BCUT2D eigenvalue weighted by Crippen LogP contribution is -2.49. The van der Waals surface area contributed by atoms with Crippen molar-refractivity contribution < 1.29 is 14.6 Å². The van der Waals surface area contributed by atoms with Crippen LogP contribution in [0.25, 0.3) is 10.9 Å². The second-order valence-corrected chi connectivity index (χ2v) is 9.00. The van der Waals surface area contributed by atoms with Crippen LogP contribution < -0.4 is 4.74 Å². The summed E-state index contributed by atoms with van der Waals surface area (Å²) >= 11 is 0. The molecule has 7 heteroatoms. The molecule has 33 heavy (non-hydrogen) atoms. The molecule has 0 unspecified atom stereocenters. The van der Waals surface area contributed by atoms with Crippen molar-refractivity contribution >= 4 is 16.9 Å². The first kappa shape index (κ1) is 23.3. The minimum Gasteiger partial charge on any atom is -0.489 e. The number of H-pyrrole nitrogens is 1. The van der Waals surface area contributed by atoms with Crippen molar-refractivity contribution in [2.24, 2.45) is 0 Å². The maximum atomic E-state index is 12.4. The Kier molecular flexibility index (Phi) is 7.65. The zero-order chi connectivity index (χ0) is 23.2. The molecule has 1 aliphatic rings. The topological polar surface area (TPSA) is 72.0 Å². The number of fused-ring (bicyclic) bond motifs is 1. The minimum atomic E-state index is -0.812.